The second-order valence-corrected chi connectivity index (χ2v) is 3.44. The molecule has 0 bridgehead atoms. The Morgan fingerprint density at radius 2 is 2.14 bits per heavy atom. The number of carbonyl (C=O) groups excluding carboxylic acids is 1. The van der Waals surface area contributed by atoms with Crippen LogP contribution >= 0.6 is 0 Å². The highest BCUT2D eigenvalue weighted by Crippen LogP contribution is 2.15. The summed E-state index contributed by atoms with van der Waals surface area (Å²) >= 11 is 0. The van der Waals surface area contributed by atoms with Crippen molar-refractivity contribution >= 4 is 6.29 Å². The molecular weight excluding hydrogens is 178 g/mol. The molecule has 14 heavy (non-hydrogen) atoms. The Bertz CT molecular complexity index is 299. The Hall–Kier alpha value is -1.35. The van der Waals surface area contributed by atoms with Crippen LogP contribution in [0.2, 0.25) is 0 Å². The van der Waals surface area contributed by atoms with Crippen LogP contribution in [0.25, 0.3) is 0 Å². The van der Waals surface area contributed by atoms with Crippen molar-refractivity contribution < 1.29 is 9.53 Å². The zero-order chi connectivity index (χ0) is 9.80. The lowest BCUT2D eigenvalue weighted by molar-refractivity contribution is -0.109. The van der Waals surface area contributed by atoms with Gasteiger partial charge in [-0.2, -0.15) is 0 Å². The van der Waals surface area contributed by atoms with E-state index in [0.29, 0.717) is 0 Å². The largest absolute Gasteiger partial charge is 0.489 e. The van der Waals surface area contributed by atoms with Gasteiger partial charge in [-0.05, 0) is 12.1 Å². The lowest BCUT2D eigenvalue weighted by atomic mass is 10.2. The number of aldehydes is 1. The highest BCUT2D eigenvalue weighted by molar-refractivity contribution is 5.58. The smallest absolute Gasteiger partial charge is 0.137 e. The van der Waals surface area contributed by atoms with Crippen molar-refractivity contribution in [2.45, 2.75) is 18.6 Å². The summed E-state index contributed by atoms with van der Waals surface area (Å²) in [6.07, 6.45) is 1.82. The van der Waals surface area contributed by atoms with Gasteiger partial charge in [0.05, 0.1) is 6.04 Å². The van der Waals surface area contributed by atoms with Gasteiger partial charge in [0.2, 0.25) is 0 Å². The molecule has 1 fully saturated rings. The van der Waals surface area contributed by atoms with Crippen molar-refractivity contribution in [1.29, 1.82) is 0 Å². The fourth-order valence-corrected chi connectivity index (χ4v) is 1.62. The molecule has 1 aromatic rings. The van der Waals surface area contributed by atoms with Gasteiger partial charge in [-0.15, -0.1) is 0 Å². The van der Waals surface area contributed by atoms with Crippen molar-refractivity contribution in [3.8, 4) is 5.75 Å². The SMILES string of the molecule is O=C[C@@H]1C[C@H](Oc2ccccc2)CN1. The second kappa shape index (κ2) is 4.24. The van der Waals surface area contributed by atoms with E-state index in [9.17, 15) is 4.79 Å². The zero-order valence-corrected chi connectivity index (χ0v) is 7.85. The van der Waals surface area contributed by atoms with E-state index < -0.39 is 0 Å². The van der Waals surface area contributed by atoms with Gasteiger partial charge in [0.1, 0.15) is 18.1 Å². The summed E-state index contributed by atoms with van der Waals surface area (Å²) in [6, 6.07) is 9.64. The molecule has 3 heteroatoms. The molecular formula is C11H13NO2. The third kappa shape index (κ3) is 2.12. The predicted molar refractivity (Wildman–Crippen MR) is 53.3 cm³/mol. The predicted octanol–water partition coefficient (Wildman–Crippen LogP) is 0.995. The van der Waals surface area contributed by atoms with E-state index >= 15 is 0 Å². The van der Waals surface area contributed by atoms with Crippen LogP contribution in [0.15, 0.2) is 30.3 Å². The normalized spacial score (nSPS) is 26.0. The molecule has 2 atom stereocenters. The number of rotatable bonds is 3. The Labute approximate surface area is 83.1 Å². The second-order valence-electron chi connectivity index (χ2n) is 3.44. The van der Waals surface area contributed by atoms with E-state index in [4.69, 9.17) is 4.74 Å². The first-order valence-corrected chi connectivity index (χ1v) is 4.79. The lowest BCUT2D eigenvalue weighted by Gasteiger charge is -2.11. The van der Waals surface area contributed by atoms with Gasteiger partial charge in [0, 0.05) is 13.0 Å². The molecule has 0 radical (unpaired) electrons. The van der Waals surface area contributed by atoms with Gasteiger partial charge >= 0.3 is 0 Å². The Morgan fingerprint density at radius 1 is 1.36 bits per heavy atom. The number of hydrogen-bond acceptors (Lipinski definition) is 3. The van der Waals surface area contributed by atoms with Crippen LogP contribution in [0.4, 0.5) is 0 Å². The molecule has 74 valence electrons. The highest BCUT2D eigenvalue weighted by Gasteiger charge is 2.24. The van der Waals surface area contributed by atoms with Crippen LogP contribution in [-0.2, 0) is 4.79 Å². The molecule has 1 saturated heterocycles. The van der Waals surface area contributed by atoms with E-state index in [0.717, 1.165) is 25.0 Å². The summed E-state index contributed by atoms with van der Waals surface area (Å²) in [4.78, 5) is 10.5. The van der Waals surface area contributed by atoms with E-state index in [1.165, 1.54) is 0 Å². The van der Waals surface area contributed by atoms with E-state index in [1.807, 2.05) is 30.3 Å². The van der Waals surface area contributed by atoms with Crippen LogP contribution in [-0.4, -0.2) is 25.0 Å². The number of benzene rings is 1. The van der Waals surface area contributed by atoms with E-state index in [1.54, 1.807) is 0 Å². The quantitative estimate of drug-likeness (QED) is 0.724. The minimum Gasteiger partial charge on any atom is -0.489 e. The summed E-state index contributed by atoms with van der Waals surface area (Å²) in [5, 5.41) is 3.08. The lowest BCUT2D eigenvalue weighted by Crippen LogP contribution is -2.22. The standard InChI is InChI=1S/C11H13NO2/c13-8-9-6-11(7-12-9)14-10-4-2-1-3-5-10/h1-5,8-9,11-12H,6-7H2/t9-,11-/m0/s1. The van der Waals surface area contributed by atoms with Crippen molar-refractivity contribution in [2.75, 3.05) is 6.54 Å². The molecule has 0 aromatic heterocycles. The Kier molecular flexibility index (Phi) is 2.79. The molecule has 0 unspecified atom stereocenters. The maximum atomic E-state index is 10.5. The summed E-state index contributed by atoms with van der Waals surface area (Å²) in [5.41, 5.74) is 0. The number of carbonyl (C=O) groups is 1. The average molecular weight is 191 g/mol. The molecule has 0 spiro atoms. The van der Waals surface area contributed by atoms with Crippen LogP contribution in [0.5, 0.6) is 5.75 Å². The van der Waals surface area contributed by atoms with Crippen LogP contribution in [0, 0.1) is 0 Å². The summed E-state index contributed by atoms with van der Waals surface area (Å²) in [5.74, 6) is 0.867. The maximum absolute atomic E-state index is 10.5. The highest BCUT2D eigenvalue weighted by atomic mass is 16.5. The number of nitrogens with one attached hydrogen (secondary N) is 1. The first-order chi connectivity index (χ1) is 6.88. The number of para-hydroxylation sites is 1. The third-order valence-electron chi connectivity index (χ3n) is 2.33. The topological polar surface area (TPSA) is 38.3 Å². The monoisotopic (exact) mass is 191 g/mol. The summed E-state index contributed by atoms with van der Waals surface area (Å²) in [7, 11) is 0. The van der Waals surface area contributed by atoms with Gasteiger partial charge in [-0.1, -0.05) is 18.2 Å². The molecule has 1 heterocycles. The summed E-state index contributed by atoms with van der Waals surface area (Å²) < 4.78 is 5.69. The molecule has 1 aliphatic heterocycles. The number of hydrogen-bond donors (Lipinski definition) is 1. The van der Waals surface area contributed by atoms with Gasteiger partial charge < -0.3 is 14.8 Å². The fourth-order valence-electron chi connectivity index (χ4n) is 1.62. The minimum atomic E-state index is -0.0382. The third-order valence-corrected chi connectivity index (χ3v) is 2.33. The molecule has 2 rings (SSSR count). The average Bonchev–Trinajstić information content (AvgIpc) is 2.67. The molecule has 0 aliphatic carbocycles. The fraction of sp³-hybridized carbons (Fsp3) is 0.364. The van der Waals surface area contributed by atoms with Crippen molar-refractivity contribution in [3.63, 3.8) is 0 Å². The van der Waals surface area contributed by atoms with Gasteiger partial charge in [-0.25, -0.2) is 0 Å². The van der Waals surface area contributed by atoms with Crippen LogP contribution in [0.1, 0.15) is 6.42 Å². The van der Waals surface area contributed by atoms with Crippen LogP contribution in [0.3, 0.4) is 0 Å². The maximum Gasteiger partial charge on any atom is 0.137 e. The van der Waals surface area contributed by atoms with Crippen LogP contribution < -0.4 is 10.1 Å². The Balaban J connectivity index is 1.90. The molecule has 0 saturated carbocycles. The molecule has 3 nitrogen and oxygen atoms in total. The first-order valence-electron chi connectivity index (χ1n) is 4.79. The number of ether oxygens (including phenoxy) is 1. The van der Waals surface area contributed by atoms with E-state index in [2.05, 4.69) is 5.32 Å². The minimum absolute atomic E-state index is 0.0382. The van der Waals surface area contributed by atoms with Crippen molar-refractivity contribution in [1.82, 2.24) is 5.32 Å². The summed E-state index contributed by atoms with van der Waals surface area (Å²) in [6.45, 7) is 0.748. The molecule has 1 aliphatic rings. The molecule has 0 amide bonds. The Morgan fingerprint density at radius 3 is 2.79 bits per heavy atom. The van der Waals surface area contributed by atoms with E-state index in [-0.39, 0.29) is 12.1 Å². The van der Waals surface area contributed by atoms with Gasteiger partial charge in [0.15, 0.2) is 0 Å². The molecule has 1 aromatic carbocycles. The van der Waals surface area contributed by atoms with Gasteiger partial charge in [0.25, 0.3) is 0 Å². The van der Waals surface area contributed by atoms with Crippen molar-refractivity contribution in [2.24, 2.45) is 0 Å². The first kappa shape index (κ1) is 9.21. The molecule has 1 N–H and O–H groups in total. The van der Waals surface area contributed by atoms with Crippen molar-refractivity contribution in [3.05, 3.63) is 30.3 Å². The zero-order valence-electron chi connectivity index (χ0n) is 7.85. The van der Waals surface area contributed by atoms with Gasteiger partial charge in [-0.3, -0.25) is 0 Å².